The fourth-order valence-corrected chi connectivity index (χ4v) is 13.7. The van der Waals surface area contributed by atoms with E-state index in [9.17, 15) is 0 Å². The zero-order chi connectivity index (χ0) is 18.3. The van der Waals surface area contributed by atoms with E-state index >= 15 is 0 Å². The quantitative estimate of drug-likeness (QED) is 0.197. The lowest BCUT2D eigenvalue weighted by Crippen LogP contribution is -2.21. The minimum Gasteiger partial charge on any atom is -0.160 e. The maximum absolute atomic E-state index is 2.37. The Morgan fingerprint density at radius 2 is 0.778 bits per heavy atom. The number of hydrogen-bond acceptors (Lipinski definition) is 9. The van der Waals surface area contributed by atoms with Crippen molar-refractivity contribution in [3.8, 4) is 0 Å². The highest BCUT2D eigenvalue weighted by Crippen LogP contribution is 2.39. The maximum Gasteiger partial charge on any atom is 0.0232 e. The van der Waals surface area contributed by atoms with Crippen molar-refractivity contribution in [3.63, 3.8) is 0 Å². The molecule has 0 aromatic carbocycles. The molecule has 156 valence electrons. The normalized spacial score (nSPS) is 32.9. The molecule has 4 aliphatic heterocycles. The smallest absolute Gasteiger partial charge is 0.0232 e. The van der Waals surface area contributed by atoms with Gasteiger partial charge >= 0.3 is 0 Å². The highest BCUT2D eigenvalue weighted by atomic mass is 32.2. The molecule has 4 rings (SSSR count). The summed E-state index contributed by atoms with van der Waals surface area (Å²) in [6.45, 7) is 0. The van der Waals surface area contributed by atoms with E-state index in [1.165, 1.54) is 69.0 Å². The van der Waals surface area contributed by atoms with Crippen molar-refractivity contribution in [1.29, 1.82) is 0 Å². The first kappa shape index (κ1) is 23.3. The summed E-state index contributed by atoms with van der Waals surface area (Å²) in [5.41, 5.74) is 0. The van der Waals surface area contributed by atoms with Crippen molar-refractivity contribution in [2.45, 2.75) is 31.5 Å². The van der Waals surface area contributed by atoms with Crippen molar-refractivity contribution in [1.82, 2.24) is 0 Å². The van der Waals surface area contributed by atoms with Crippen LogP contribution in [0.5, 0.6) is 0 Å². The lowest BCUT2D eigenvalue weighted by atomic mass is 10.5. The van der Waals surface area contributed by atoms with Crippen LogP contribution in [0, 0.1) is 0 Å². The Kier molecular flexibility index (Phi) is 11.2. The standard InChI is InChI=1S/C18H30S9/c1(13-9-23-13)19-5-17(6-20-2-14-10-24-14)27-18(7-21-3-15-11-25-15)8-22-4-16-12-26-16/h13-18H,1-12H2. The summed E-state index contributed by atoms with van der Waals surface area (Å²) in [5, 5.41) is 5.69. The van der Waals surface area contributed by atoms with E-state index in [2.05, 4.69) is 106 Å². The Balaban J connectivity index is 1.18. The molecule has 0 bridgehead atoms. The van der Waals surface area contributed by atoms with Gasteiger partial charge in [-0.2, -0.15) is 106 Å². The average molecular weight is 535 g/mol. The fourth-order valence-electron chi connectivity index (χ4n) is 2.51. The van der Waals surface area contributed by atoms with Crippen LogP contribution in [0.2, 0.25) is 0 Å². The molecule has 0 amide bonds. The molecule has 27 heavy (non-hydrogen) atoms. The SMILES string of the molecule is C(SCC(CSCC1CS1)SC(CSCC1CS1)CSCC1CS1)C1CS1. The molecule has 4 unspecified atom stereocenters. The van der Waals surface area contributed by atoms with E-state index in [1.54, 1.807) is 0 Å². The molecule has 4 heterocycles. The summed E-state index contributed by atoms with van der Waals surface area (Å²) < 4.78 is 0. The van der Waals surface area contributed by atoms with Crippen LogP contribution in [0.3, 0.4) is 0 Å². The third kappa shape index (κ3) is 11.5. The molecule has 4 fully saturated rings. The van der Waals surface area contributed by atoms with Gasteiger partial charge in [-0.25, -0.2) is 0 Å². The van der Waals surface area contributed by atoms with E-state index in [-0.39, 0.29) is 0 Å². The second-order valence-electron chi connectivity index (χ2n) is 7.35. The predicted molar refractivity (Wildman–Crippen MR) is 149 cm³/mol. The summed E-state index contributed by atoms with van der Waals surface area (Å²) in [4.78, 5) is 0. The van der Waals surface area contributed by atoms with Crippen molar-refractivity contribution in [2.75, 3.05) is 69.0 Å². The fraction of sp³-hybridized carbons (Fsp3) is 1.00. The Bertz CT molecular complexity index is 347. The van der Waals surface area contributed by atoms with Gasteiger partial charge < -0.3 is 0 Å². The Hall–Kier alpha value is 3.15. The minimum atomic E-state index is 0.865. The van der Waals surface area contributed by atoms with E-state index in [1.807, 2.05) is 0 Å². The number of thioether (sulfide) groups is 9. The van der Waals surface area contributed by atoms with Gasteiger partial charge in [0.05, 0.1) is 0 Å². The zero-order valence-electron chi connectivity index (χ0n) is 15.6. The molecule has 0 aromatic rings. The van der Waals surface area contributed by atoms with Gasteiger partial charge in [0.15, 0.2) is 0 Å². The topological polar surface area (TPSA) is 0 Å². The van der Waals surface area contributed by atoms with E-state index in [4.69, 9.17) is 0 Å². The molecule has 0 radical (unpaired) electrons. The molecule has 4 aliphatic rings. The van der Waals surface area contributed by atoms with E-state index in [0.717, 1.165) is 31.5 Å². The van der Waals surface area contributed by atoms with E-state index < -0.39 is 0 Å². The van der Waals surface area contributed by atoms with Crippen LogP contribution in [0.4, 0.5) is 0 Å². The van der Waals surface area contributed by atoms with Gasteiger partial charge in [-0.05, 0) is 0 Å². The molecule has 0 saturated carbocycles. The van der Waals surface area contributed by atoms with Gasteiger partial charge in [-0.3, -0.25) is 0 Å². The Labute approximate surface area is 204 Å². The van der Waals surface area contributed by atoms with Gasteiger partial charge in [-0.15, -0.1) is 0 Å². The molecule has 0 nitrogen and oxygen atoms in total. The number of hydrogen-bond donors (Lipinski definition) is 0. The molecule has 0 N–H and O–H groups in total. The molecular weight excluding hydrogens is 505 g/mol. The molecular formula is C18H30S9. The third-order valence-corrected chi connectivity index (χ3v) is 16.5. The molecule has 9 heteroatoms. The Morgan fingerprint density at radius 1 is 0.519 bits per heavy atom. The van der Waals surface area contributed by atoms with Crippen LogP contribution in [-0.2, 0) is 0 Å². The van der Waals surface area contributed by atoms with Crippen LogP contribution in [0.25, 0.3) is 0 Å². The number of rotatable bonds is 18. The highest BCUT2D eigenvalue weighted by molar-refractivity contribution is 8.11. The lowest BCUT2D eigenvalue weighted by molar-refractivity contribution is 1.08. The first-order chi connectivity index (χ1) is 13.3. The summed E-state index contributed by atoms with van der Waals surface area (Å²) >= 11 is 20.0. The third-order valence-electron chi connectivity index (χ3n) is 4.42. The van der Waals surface area contributed by atoms with Crippen LogP contribution >= 0.6 is 106 Å². The second-order valence-corrected chi connectivity index (χ2v) is 18.6. The highest BCUT2D eigenvalue weighted by Gasteiger charge is 2.27. The van der Waals surface area contributed by atoms with Crippen LogP contribution < -0.4 is 0 Å². The van der Waals surface area contributed by atoms with Crippen molar-refractivity contribution in [3.05, 3.63) is 0 Å². The zero-order valence-corrected chi connectivity index (χ0v) is 23.0. The van der Waals surface area contributed by atoms with Crippen molar-refractivity contribution in [2.24, 2.45) is 0 Å². The summed E-state index contributed by atoms with van der Waals surface area (Å²) in [6.07, 6.45) is 0. The second kappa shape index (κ2) is 13.0. The van der Waals surface area contributed by atoms with Crippen LogP contribution in [0.1, 0.15) is 0 Å². The molecule has 4 atom stereocenters. The van der Waals surface area contributed by atoms with Crippen LogP contribution in [-0.4, -0.2) is 101 Å². The summed E-state index contributed by atoms with van der Waals surface area (Å²) in [5.74, 6) is 16.8. The van der Waals surface area contributed by atoms with Crippen LogP contribution in [0.15, 0.2) is 0 Å². The van der Waals surface area contributed by atoms with Gasteiger partial charge in [0.25, 0.3) is 0 Å². The van der Waals surface area contributed by atoms with Crippen molar-refractivity contribution < 1.29 is 0 Å². The Morgan fingerprint density at radius 3 is 1.00 bits per heavy atom. The first-order valence-corrected chi connectivity index (χ1v) is 19.5. The predicted octanol–water partition coefficient (Wildman–Crippen LogP) is 5.85. The van der Waals surface area contributed by atoms with Gasteiger partial charge in [-0.1, -0.05) is 0 Å². The van der Waals surface area contributed by atoms with Crippen molar-refractivity contribution >= 4 is 106 Å². The largest absolute Gasteiger partial charge is 0.160 e. The molecule has 0 spiro atoms. The monoisotopic (exact) mass is 534 g/mol. The maximum atomic E-state index is 2.37. The summed E-state index contributed by atoms with van der Waals surface area (Å²) in [6, 6.07) is 0. The molecule has 0 aromatic heterocycles. The molecule has 4 saturated heterocycles. The molecule has 0 aliphatic carbocycles. The van der Waals surface area contributed by atoms with Gasteiger partial charge in [0.1, 0.15) is 0 Å². The minimum absolute atomic E-state index is 0.865. The average Bonchev–Trinajstić information content (AvgIpc) is 3.48. The lowest BCUT2D eigenvalue weighted by Gasteiger charge is -2.23. The van der Waals surface area contributed by atoms with Gasteiger partial charge in [0, 0.05) is 101 Å². The first-order valence-electron chi connectivity index (χ1n) is 9.78. The summed E-state index contributed by atoms with van der Waals surface area (Å²) in [7, 11) is 0. The van der Waals surface area contributed by atoms with Gasteiger partial charge in [0.2, 0.25) is 0 Å². The van der Waals surface area contributed by atoms with E-state index in [0.29, 0.717) is 0 Å².